The molecule has 0 unspecified atom stereocenters. The fraction of sp³-hybridized carbons (Fsp3) is 0.125. The number of halogens is 2. The molecule has 0 atom stereocenters. The van der Waals surface area contributed by atoms with Crippen molar-refractivity contribution in [3.63, 3.8) is 0 Å². The van der Waals surface area contributed by atoms with Gasteiger partial charge in [0.1, 0.15) is 4.60 Å². The highest BCUT2D eigenvalue weighted by Crippen LogP contribution is 2.32. The van der Waals surface area contributed by atoms with E-state index in [9.17, 15) is 0 Å². The third kappa shape index (κ3) is 1.36. The molecule has 1 aliphatic carbocycles. The first-order valence-electron chi connectivity index (χ1n) is 3.28. The van der Waals surface area contributed by atoms with Crippen LogP contribution in [-0.4, -0.2) is 4.98 Å². The number of hydrogen-bond acceptors (Lipinski definition) is 1. The summed E-state index contributed by atoms with van der Waals surface area (Å²) in [5.74, 6) is 0. The molecule has 1 aromatic heterocycles. The van der Waals surface area contributed by atoms with Crippen molar-refractivity contribution in [2.75, 3.05) is 0 Å². The minimum absolute atomic E-state index is 0.917. The molecule has 0 amide bonds. The van der Waals surface area contributed by atoms with Crippen LogP contribution < -0.4 is 0 Å². The highest BCUT2D eigenvalue weighted by molar-refractivity contribution is 14.1. The van der Waals surface area contributed by atoms with Gasteiger partial charge in [-0.05, 0) is 62.1 Å². The van der Waals surface area contributed by atoms with Gasteiger partial charge in [-0.1, -0.05) is 6.08 Å². The summed E-state index contributed by atoms with van der Waals surface area (Å²) in [4.78, 5) is 4.17. The molecule has 3 heteroatoms. The van der Waals surface area contributed by atoms with Crippen LogP contribution in [-0.2, 0) is 6.42 Å². The van der Waals surface area contributed by atoms with E-state index in [1.807, 2.05) is 6.20 Å². The van der Waals surface area contributed by atoms with Crippen LogP contribution >= 0.6 is 38.5 Å². The van der Waals surface area contributed by atoms with E-state index >= 15 is 0 Å². The molecule has 1 nitrogen and oxygen atoms in total. The molecule has 1 aliphatic rings. The van der Waals surface area contributed by atoms with Crippen LogP contribution in [0.15, 0.2) is 22.9 Å². The predicted molar refractivity (Wildman–Crippen MR) is 57.6 cm³/mol. The Bertz CT molecular complexity index is 333. The van der Waals surface area contributed by atoms with Crippen LogP contribution in [0, 0.1) is 0 Å². The van der Waals surface area contributed by atoms with Gasteiger partial charge < -0.3 is 0 Å². The number of nitrogens with zero attached hydrogens (tertiary/aromatic N) is 1. The molecule has 0 saturated carbocycles. The van der Waals surface area contributed by atoms with Gasteiger partial charge in [-0.2, -0.15) is 0 Å². The largest absolute Gasteiger partial charge is 0.249 e. The van der Waals surface area contributed by atoms with Crippen LogP contribution in [0.5, 0.6) is 0 Å². The fourth-order valence-electron chi connectivity index (χ4n) is 1.15. The average molecular weight is 322 g/mol. The van der Waals surface area contributed by atoms with Crippen LogP contribution in [0.2, 0.25) is 0 Å². The first-order valence-corrected chi connectivity index (χ1v) is 5.15. The lowest BCUT2D eigenvalue weighted by Gasteiger charge is -1.98. The van der Waals surface area contributed by atoms with E-state index in [1.165, 1.54) is 14.7 Å². The lowest BCUT2D eigenvalue weighted by Crippen LogP contribution is -1.84. The van der Waals surface area contributed by atoms with Crippen molar-refractivity contribution in [3.8, 4) is 0 Å². The average Bonchev–Trinajstić information content (AvgIpc) is 2.33. The third-order valence-corrected chi connectivity index (χ3v) is 3.17. The molecule has 1 aromatic rings. The molecule has 0 radical (unpaired) electrons. The standard InChI is InChI=1S/C8H5BrIN/c9-8-3-6-5(4-11-8)1-2-7(6)10/h2-4H,1H2. The Morgan fingerprint density at radius 2 is 2.36 bits per heavy atom. The maximum atomic E-state index is 4.17. The Balaban J connectivity index is 2.60. The lowest BCUT2D eigenvalue weighted by molar-refractivity contribution is 1.18. The Hall–Kier alpha value is 0.100. The van der Waals surface area contributed by atoms with Crippen LogP contribution in [0.25, 0.3) is 3.58 Å². The van der Waals surface area contributed by atoms with Crippen molar-refractivity contribution in [2.45, 2.75) is 6.42 Å². The smallest absolute Gasteiger partial charge is 0.106 e. The quantitative estimate of drug-likeness (QED) is 0.528. The SMILES string of the molecule is Brc1cc2c(cn1)CC=C2I. The van der Waals surface area contributed by atoms with Crippen LogP contribution in [0.4, 0.5) is 0 Å². The van der Waals surface area contributed by atoms with Crippen molar-refractivity contribution < 1.29 is 0 Å². The number of rotatable bonds is 0. The first kappa shape index (κ1) is 7.73. The number of aromatic nitrogens is 1. The summed E-state index contributed by atoms with van der Waals surface area (Å²) in [7, 11) is 0. The van der Waals surface area contributed by atoms with E-state index in [0.29, 0.717) is 0 Å². The zero-order valence-corrected chi connectivity index (χ0v) is 9.39. The third-order valence-electron chi connectivity index (χ3n) is 1.71. The Morgan fingerprint density at radius 3 is 3.18 bits per heavy atom. The van der Waals surface area contributed by atoms with E-state index in [1.54, 1.807) is 0 Å². The molecule has 0 N–H and O–H groups in total. The molecule has 56 valence electrons. The zero-order chi connectivity index (χ0) is 7.84. The maximum Gasteiger partial charge on any atom is 0.106 e. The summed E-state index contributed by atoms with van der Waals surface area (Å²) in [6, 6.07) is 2.07. The molecular formula is C8H5BrIN. The summed E-state index contributed by atoms with van der Waals surface area (Å²) in [6.07, 6.45) is 5.19. The van der Waals surface area contributed by atoms with Gasteiger partial charge in [0.15, 0.2) is 0 Å². The van der Waals surface area contributed by atoms with Gasteiger partial charge in [0.05, 0.1) is 0 Å². The summed E-state index contributed by atoms with van der Waals surface area (Å²) >= 11 is 5.70. The van der Waals surface area contributed by atoms with Gasteiger partial charge in [0, 0.05) is 9.78 Å². The van der Waals surface area contributed by atoms with Crippen LogP contribution in [0.1, 0.15) is 11.1 Å². The Morgan fingerprint density at radius 1 is 1.55 bits per heavy atom. The van der Waals surface area contributed by atoms with E-state index in [-0.39, 0.29) is 0 Å². The number of hydrogen-bond donors (Lipinski definition) is 0. The van der Waals surface area contributed by atoms with Crippen molar-refractivity contribution in [1.82, 2.24) is 4.98 Å². The minimum atomic E-state index is 0.917. The molecule has 0 spiro atoms. The van der Waals surface area contributed by atoms with Crippen LogP contribution in [0.3, 0.4) is 0 Å². The monoisotopic (exact) mass is 321 g/mol. The maximum absolute atomic E-state index is 4.17. The number of allylic oxidation sites excluding steroid dienone is 1. The van der Waals surface area contributed by atoms with Crippen molar-refractivity contribution in [3.05, 3.63) is 34.1 Å². The molecule has 0 fully saturated rings. The molecule has 0 aliphatic heterocycles. The van der Waals surface area contributed by atoms with E-state index in [4.69, 9.17) is 0 Å². The highest BCUT2D eigenvalue weighted by atomic mass is 127. The van der Waals surface area contributed by atoms with E-state index < -0.39 is 0 Å². The highest BCUT2D eigenvalue weighted by Gasteiger charge is 2.11. The van der Waals surface area contributed by atoms with Crippen molar-refractivity contribution in [2.24, 2.45) is 0 Å². The van der Waals surface area contributed by atoms with Gasteiger partial charge >= 0.3 is 0 Å². The molecule has 0 saturated heterocycles. The fourth-order valence-corrected chi connectivity index (χ4v) is 2.21. The van der Waals surface area contributed by atoms with Gasteiger partial charge in [-0.3, -0.25) is 0 Å². The normalized spacial score (nSPS) is 14.5. The van der Waals surface area contributed by atoms with Gasteiger partial charge in [-0.15, -0.1) is 0 Å². The van der Waals surface area contributed by atoms with Crippen molar-refractivity contribution >= 4 is 42.1 Å². The minimum Gasteiger partial charge on any atom is -0.249 e. The zero-order valence-electron chi connectivity index (χ0n) is 5.64. The van der Waals surface area contributed by atoms with E-state index in [2.05, 4.69) is 55.6 Å². The first-order chi connectivity index (χ1) is 5.27. The van der Waals surface area contributed by atoms with Gasteiger partial charge in [-0.25, -0.2) is 4.98 Å². The van der Waals surface area contributed by atoms with Crippen molar-refractivity contribution in [1.29, 1.82) is 0 Å². The molecule has 2 rings (SSSR count). The second kappa shape index (κ2) is 2.86. The molecule has 1 heterocycles. The van der Waals surface area contributed by atoms with Gasteiger partial charge in [0.2, 0.25) is 0 Å². The lowest BCUT2D eigenvalue weighted by atomic mass is 10.2. The molecule has 0 aromatic carbocycles. The summed E-state index contributed by atoms with van der Waals surface area (Å²) in [6.45, 7) is 0. The summed E-state index contributed by atoms with van der Waals surface area (Å²) in [5, 5.41) is 0. The Labute approximate surface area is 87.2 Å². The van der Waals surface area contributed by atoms with E-state index in [0.717, 1.165) is 11.0 Å². The second-order valence-corrected chi connectivity index (χ2v) is 4.40. The summed E-state index contributed by atoms with van der Waals surface area (Å²) < 4.78 is 2.25. The predicted octanol–water partition coefficient (Wildman–Crippen LogP) is 3.18. The van der Waals surface area contributed by atoms with Gasteiger partial charge in [0.25, 0.3) is 0 Å². The molecule has 0 bridgehead atoms. The molecular weight excluding hydrogens is 317 g/mol. The Kier molecular flexibility index (Phi) is 2.01. The number of pyridine rings is 1. The summed E-state index contributed by atoms with van der Waals surface area (Å²) in [5.41, 5.74) is 2.66. The molecule has 11 heavy (non-hydrogen) atoms. The second-order valence-electron chi connectivity index (χ2n) is 2.42. The number of fused-ring (bicyclic) bond motifs is 1. The topological polar surface area (TPSA) is 12.9 Å².